The van der Waals surface area contributed by atoms with E-state index in [-0.39, 0.29) is 11.9 Å². The van der Waals surface area contributed by atoms with Crippen LogP contribution in [-0.2, 0) is 11.2 Å². The summed E-state index contributed by atoms with van der Waals surface area (Å²) in [5.41, 5.74) is 2.98. The fraction of sp³-hybridized carbons (Fsp3) is 0.364. The SMILES string of the molecule is COc1ccc([C@@H]2CCCCCN2C(=O)Cc2[nH]nc3ccccc23)cc1. The summed E-state index contributed by atoms with van der Waals surface area (Å²) in [6, 6.07) is 16.2. The van der Waals surface area contributed by atoms with Crippen molar-refractivity contribution in [2.45, 2.75) is 38.1 Å². The van der Waals surface area contributed by atoms with Gasteiger partial charge in [-0.15, -0.1) is 0 Å². The first-order valence-electron chi connectivity index (χ1n) is 9.61. The molecule has 1 aliphatic heterocycles. The van der Waals surface area contributed by atoms with Crippen LogP contribution in [0.4, 0.5) is 0 Å². The molecule has 5 nitrogen and oxygen atoms in total. The summed E-state index contributed by atoms with van der Waals surface area (Å²) in [5.74, 6) is 1.00. The van der Waals surface area contributed by atoms with Crippen LogP contribution < -0.4 is 4.74 Å². The van der Waals surface area contributed by atoms with Gasteiger partial charge in [0.1, 0.15) is 5.75 Å². The van der Waals surface area contributed by atoms with Crippen LogP contribution in [0.1, 0.15) is 43.0 Å². The van der Waals surface area contributed by atoms with E-state index in [2.05, 4.69) is 27.2 Å². The van der Waals surface area contributed by atoms with Crippen LogP contribution in [0.2, 0.25) is 0 Å². The second-order valence-electron chi connectivity index (χ2n) is 7.12. The molecule has 1 fully saturated rings. The van der Waals surface area contributed by atoms with E-state index in [0.29, 0.717) is 6.42 Å². The Balaban J connectivity index is 1.58. The standard InChI is InChI=1S/C22H25N3O2/c1-27-17-12-10-16(11-13-17)21-9-3-2-6-14-25(21)22(26)15-20-18-7-4-5-8-19(18)23-24-20/h4-5,7-8,10-13,21H,2-3,6,9,14-15H2,1H3,(H,23,24)/t21-/m0/s1. The number of likely N-dealkylation sites (tertiary alicyclic amines) is 1. The number of aromatic amines is 1. The minimum atomic E-state index is 0.125. The monoisotopic (exact) mass is 363 g/mol. The van der Waals surface area contributed by atoms with Crippen LogP contribution in [0.15, 0.2) is 48.5 Å². The minimum Gasteiger partial charge on any atom is -0.497 e. The molecule has 1 N–H and O–H groups in total. The van der Waals surface area contributed by atoms with Crippen LogP contribution in [0.25, 0.3) is 10.9 Å². The predicted molar refractivity (Wildman–Crippen MR) is 106 cm³/mol. The quantitative estimate of drug-likeness (QED) is 0.753. The summed E-state index contributed by atoms with van der Waals surface area (Å²) in [6.07, 6.45) is 4.73. The van der Waals surface area contributed by atoms with Crippen molar-refractivity contribution in [3.05, 3.63) is 59.8 Å². The number of fused-ring (bicyclic) bond motifs is 1. The highest BCUT2D eigenvalue weighted by Crippen LogP contribution is 2.32. The van der Waals surface area contributed by atoms with Crippen LogP contribution >= 0.6 is 0 Å². The molecule has 2 aromatic carbocycles. The molecule has 1 aliphatic rings. The van der Waals surface area contributed by atoms with Gasteiger partial charge in [0.2, 0.25) is 5.91 Å². The zero-order valence-corrected chi connectivity index (χ0v) is 15.6. The number of nitrogens with one attached hydrogen (secondary N) is 1. The Morgan fingerprint density at radius 3 is 2.78 bits per heavy atom. The fourth-order valence-corrected chi connectivity index (χ4v) is 3.98. The van der Waals surface area contributed by atoms with Crippen molar-refractivity contribution < 1.29 is 9.53 Å². The number of carbonyl (C=O) groups is 1. The molecule has 0 spiro atoms. The van der Waals surface area contributed by atoms with E-state index in [1.165, 1.54) is 12.0 Å². The Morgan fingerprint density at radius 2 is 1.96 bits per heavy atom. The number of hydrogen-bond acceptors (Lipinski definition) is 3. The summed E-state index contributed by atoms with van der Waals surface area (Å²) < 4.78 is 5.27. The van der Waals surface area contributed by atoms with Crippen molar-refractivity contribution >= 4 is 16.8 Å². The van der Waals surface area contributed by atoms with Gasteiger partial charge < -0.3 is 9.64 Å². The van der Waals surface area contributed by atoms with E-state index in [1.54, 1.807) is 7.11 Å². The van der Waals surface area contributed by atoms with Gasteiger partial charge in [0.15, 0.2) is 0 Å². The number of ether oxygens (including phenoxy) is 1. The van der Waals surface area contributed by atoms with E-state index in [0.717, 1.165) is 48.2 Å². The van der Waals surface area contributed by atoms with Gasteiger partial charge in [0.05, 0.1) is 30.8 Å². The van der Waals surface area contributed by atoms with Crippen molar-refractivity contribution in [1.29, 1.82) is 0 Å². The number of benzene rings is 2. The number of aromatic nitrogens is 2. The largest absolute Gasteiger partial charge is 0.497 e. The van der Waals surface area contributed by atoms with E-state index < -0.39 is 0 Å². The van der Waals surface area contributed by atoms with Crippen molar-refractivity contribution in [2.24, 2.45) is 0 Å². The molecule has 0 radical (unpaired) electrons. The van der Waals surface area contributed by atoms with E-state index >= 15 is 0 Å². The normalized spacial score (nSPS) is 17.7. The maximum Gasteiger partial charge on any atom is 0.229 e. The lowest BCUT2D eigenvalue weighted by molar-refractivity contribution is -0.133. The third kappa shape index (κ3) is 3.68. The number of methoxy groups -OCH3 is 1. The Labute approximate surface area is 159 Å². The molecule has 1 amide bonds. The van der Waals surface area contributed by atoms with E-state index in [9.17, 15) is 4.79 Å². The van der Waals surface area contributed by atoms with Gasteiger partial charge in [-0.1, -0.05) is 43.2 Å². The van der Waals surface area contributed by atoms with Gasteiger partial charge in [-0.05, 0) is 36.6 Å². The average Bonchev–Trinajstić information content (AvgIpc) is 2.95. The highest BCUT2D eigenvalue weighted by molar-refractivity contribution is 5.87. The van der Waals surface area contributed by atoms with Gasteiger partial charge in [0, 0.05) is 11.9 Å². The Hall–Kier alpha value is -2.82. The molecule has 2 heterocycles. The third-order valence-electron chi connectivity index (χ3n) is 5.44. The minimum absolute atomic E-state index is 0.125. The molecule has 0 aliphatic carbocycles. The second kappa shape index (κ2) is 7.82. The third-order valence-corrected chi connectivity index (χ3v) is 5.44. The average molecular weight is 363 g/mol. The second-order valence-corrected chi connectivity index (χ2v) is 7.12. The Kier molecular flexibility index (Phi) is 5.10. The van der Waals surface area contributed by atoms with Crippen LogP contribution in [0.5, 0.6) is 5.75 Å². The highest BCUT2D eigenvalue weighted by atomic mass is 16.5. The van der Waals surface area contributed by atoms with Gasteiger partial charge in [0.25, 0.3) is 0 Å². The van der Waals surface area contributed by atoms with Crippen molar-refractivity contribution in [3.8, 4) is 5.75 Å². The first-order valence-corrected chi connectivity index (χ1v) is 9.61. The first kappa shape index (κ1) is 17.6. The molecule has 1 aromatic heterocycles. The fourth-order valence-electron chi connectivity index (χ4n) is 3.98. The number of hydrogen-bond donors (Lipinski definition) is 1. The summed E-state index contributed by atoms with van der Waals surface area (Å²) in [7, 11) is 1.67. The van der Waals surface area contributed by atoms with Gasteiger partial charge in [-0.3, -0.25) is 9.89 Å². The lowest BCUT2D eigenvalue weighted by Gasteiger charge is -2.30. The molecule has 0 bridgehead atoms. The van der Waals surface area contributed by atoms with E-state index in [4.69, 9.17) is 4.74 Å². The first-order chi connectivity index (χ1) is 13.3. The number of rotatable bonds is 4. The molecule has 1 saturated heterocycles. The zero-order valence-electron chi connectivity index (χ0n) is 15.6. The molecule has 4 rings (SSSR count). The lowest BCUT2D eigenvalue weighted by atomic mass is 10.00. The van der Waals surface area contributed by atoms with Gasteiger partial charge in [-0.2, -0.15) is 5.10 Å². The van der Waals surface area contributed by atoms with Gasteiger partial charge >= 0.3 is 0 Å². The number of carbonyl (C=O) groups excluding carboxylic acids is 1. The van der Waals surface area contributed by atoms with Crippen LogP contribution in [0, 0.1) is 0 Å². The lowest BCUT2D eigenvalue weighted by Crippen LogP contribution is -2.36. The Morgan fingerprint density at radius 1 is 1.15 bits per heavy atom. The van der Waals surface area contributed by atoms with E-state index in [1.807, 2.05) is 36.4 Å². The highest BCUT2D eigenvalue weighted by Gasteiger charge is 2.27. The van der Waals surface area contributed by atoms with Crippen LogP contribution in [0.3, 0.4) is 0 Å². The summed E-state index contributed by atoms with van der Waals surface area (Å²) >= 11 is 0. The molecular weight excluding hydrogens is 338 g/mol. The number of nitrogens with zero attached hydrogens (tertiary/aromatic N) is 2. The van der Waals surface area contributed by atoms with Crippen molar-refractivity contribution in [1.82, 2.24) is 15.1 Å². The molecular formula is C22H25N3O2. The molecule has 1 atom stereocenters. The van der Waals surface area contributed by atoms with Crippen molar-refractivity contribution in [3.63, 3.8) is 0 Å². The summed E-state index contributed by atoms with van der Waals surface area (Å²) in [5, 5.41) is 8.41. The van der Waals surface area contributed by atoms with Crippen LogP contribution in [-0.4, -0.2) is 34.7 Å². The number of H-pyrrole nitrogens is 1. The molecule has 0 unspecified atom stereocenters. The summed E-state index contributed by atoms with van der Waals surface area (Å²) in [6.45, 7) is 0.807. The number of para-hydroxylation sites is 1. The molecule has 0 saturated carbocycles. The maximum absolute atomic E-state index is 13.2. The molecule has 27 heavy (non-hydrogen) atoms. The smallest absolute Gasteiger partial charge is 0.229 e. The molecule has 140 valence electrons. The topological polar surface area (TPSA) is 58.2 Å². The van der Waals surface area contributed by atoms with Gasteiger partial charge in [-0.25, -0.2) is 0 Å². The predicted octanol–water partition coefficient (Wildman–Crippen LogP) is 4.26. The van der Waals surface area contributed by atoms with Crippen molar-refractivity contribution in [2.75, 3.05) is 13.7 Å². The maximum atomic E-state index is 13.2. The zero-order chi connectivity index (χ0) is 18.6. The Bertz CT molecular complexity index is 917. The molecule has 5 heteroatoms. The number of amides is 1. The summed E-state index contributed by atoms with van der Waals surface area (Å²) in [4.78, 5) is 15.3. The molecule has 3 aromatic rings.